The molecule has 0 radical (unpaired) electrons. The molecule has 0 heterocycles. The molecule has 1 aromatic rings. The summed E-state index contributed by atoms with van der Waals surface area (Å²) in [7, 11) is -3.82. The van der Waals surface area contributed by atoms with Gasteiger partial charge in [0.1, 0.15) is 0 Å². The van der Waals surface area contributed by atoms with E-state index in [4.69, 9.17) is 0 Å². The Morgan fingerprint density at radius 3 is 2.42 bits per heavy atom. The number of hydrogen-bond acceptors (Lipinski definition) is 4. The summed E-state index contributed by atoms with van der Waals surface area (Å²) in [5.74, 6) is -0.942. The molecule has 0 bridgehead atoms. The third-order valence-corrected chi connectivity index (χ3v) is 6.26. The molecule has 1 aromatic carbocycles. The van der Waals surface area contributed by atoms with Crippen molar-refractivity contribution in [1.29, 1.82) is 0 Å². The summed E-state index contributed by atoms with van der Waals surface area (Å²) in [6.45, 7) is -0.464. The molecule has 2 amide bonds. The number of rotatable bonds is 5. The van der Waals surface area contributed by atoms with Crippen molar-refractivity contribution >= 4 is 37.8 Å². The molecular formula is C15H20BrN3O4S. The molecule has 3 N–H and O–H groups in total. The second-order valence-corrected chi connectivity index (χ2v) is 8.22. The topological polar surface area (TPSA) is 104 Å². The van der Waals surface area contributed by atoms with Gasteiger partial charge in [0, 0.05) is 10.4 Å². The zero-order valence-corrected chi connectivity index (χ0v) is 15.5. The number of nitrogens with one attached hydrogen (secondary N) is 3. The van der Waals surface area contributed by atoms with Crippen LogP contribution in [0.2, 0.25) is 0 Å². The number of benzene rings is 1. The number of carbonyl (C=O) groups excluding carboxylic acids is 2. The molecule has 0 aliphatic heterocycles. The number of hydrogen-bond donors (Lipinski definition) is 3. The van der Waals surface area contributed by atoms with Crippen LogP contribution < -0.4 is 15.6 Å². The summed E-state index contributed by atoms with van der Waals surface area (Å²) in [6, 6.07) is 6.30. The Morgan fingerprint density at radius 1 is 1.08 bits per heavy atom. The van der Waals surface area contributed by atoms with E-state index in [0.717, 1.165) is 32.1 Å². The Labute approximate surface area is 149 Å². The van der Waals surface area contributed by atoms with Crippen molar-refractivity contribution in [3.05, 3.63) is 28.7 Å². The molecular weight excluding hydrogens is 398 g/mol. The van der Waals surface area contributed by atoms with Crippen LogP contribution >= 0.6 is 15.9 Å². The summed E-state index contributed by atoms with van der Waals surface area (Å²) in [5.41, 5.74) is 4.60. The summed E-state index contributed by atoms with van der Waals surface area (Å²) in [5, 5.41) is 0. The van der Waals surface area contributed by atoms with E-state index in [1.165, 1.54) is 6.07 Å². The fourth-order valence-electron chi connectivity index (χ4n) is 2.54. The first kappa shape index (κ1) is 18.9. The van der Waals surface area contributed by atoms with Crippen LogP contribution in [0, 0.1) is 5.92 Å². The van der Waals surface area contributed by atoms with Crippen molar-refractivity contribution in [3.8, 4) is 0 Å². The van der Waals surface area contributed by atoms with Crippen molar-refractivity contribution in [2.75, 3.05) is 6.54 Å². The first-order valence-corrected chi connectivity index (χ1v) is 10.0. The lowest BCUT2D eigenvalue weighted by atomic mass is 9.89. The van der Waals surface area contributed by atoms with E-state index < -0.39 is 22.5 Å². The molecule has 1 aliphatic rings. The third kappa shape index (κ3) is 5.29. The minimum atomic E-state index is -3.82. The van der Waals surface area contributed by atoms with Crippen molar-refractivity contribution in [3.63, 3.8) is 0 Å². The Kier molecular flexibility index (Phi) is 6.76. The molecule has 24 heavy (non-hydrogen) atoms. The summed E-state index contributed by atoms with van der Waals surface area (Å²) >= 11 is 3.16. The van der Waals surface area contributed by atoms with Crippen LogP contribution in [0.5, 0.6) is 0 Å². The number of sulfonamides is 1. The first-order valence-electron chi connectivity index (χ1n) is 7.73. The van der Waals surface area contributed by atoms with E-state index in [-0.39, 0.29) is 16.7 Å². The van der Waals surface area contributed by atoms with Crippen LogP contribution in [0.1, 0.15) is 32.1 Å². The molecule has 9 heteroatoms. The fraction of sp³-hybridized carbons (Fsp3) is 0.467. The lowest BCUT2D eigenvalue weighted by Crippen LogP contribution is -2.48. The van der Waals surface area contributed by atoms with Crippen molar-refractivity contribution in [1.82, 2.24) is 15.6 Å². The molecule has 132 valence electrons. The quantitative estimate of drug-likeness (QED) is 0.630. The van der Waals surface area contributed by atoms with Gasteiger partial charge in [-0.05, 0) is 40.9 Å². The van der Waals surface area contributed by atoms with Crippen LogP contribution in [0.15, 0.2) is 33.6 Å². The monoisotopic (exact) mass is 417 g/mol. The maximum Gasteiger partial charge on any atom is 0.253 e. The summed E-state index contributed by atoms with van der Waals surface area (Å²) < 4.78 is 26.9. The molecule has 2 rings (SSSR count). The van der Waals surface area contributed by atoms with Crippen molar-refractivity contribution < 1.29 is 18.0 Å². The van der Waals surface area contributed by atoms with E-state index >= 15 is 0 Å². The van der Waals surface area contributed by atoms with Gasteiger partial charge in [0.25, 0.3) is 5.91 Å². The second kappa shape index (κ2) is 8.59. The number of amides is 2. The third-order valence-electron chi connectivity index (χ3n) is 3.85. The highest BCUT2D eigenvalue weighted by Crippen LogP contribution is 2.23. The maximum atomic E-state index is 12.1. The SMILES string of the molecule is O=C(CNS(=O)(=O)c1ccccc1Br)NNC(=O)C1CCCCC1. The Bertz CT molecular complexity index is 702. The van der Waals surface area contributed by atoms with E-state index in [2.05, 4.69) is 31.5 Å². The second-order valence-electron chi connectivity index (χ2n) is 5.63. The zero-order valence-electron chi connectivity index (χ0n) is 13.0. The number of carbonyl (C=O) groups is 2. The van der Waals surface area contributed by atoms with Gasteiger partial charge in [0.2, 0.25) is 15.9 Å². The van der Waals surface area contributed by atoms with Gasteiger partial charge in [0.15, 0.2) is 0 Å². The predicted octanol–water partition coefficient (Wildman–Crippen LogP) is 1.46. The lowest BCUT2D eigenvalue weighted by Gasteiger charge is -2.20. The number of hydrazine groups is 1. The Hall–Kier alpha value is -1.45. The smallest absolute Gasteiger partial charge is 0.253 e. The van der Waals surface area contributed by atoms with E-state index in [9.17, 15) is 18.0 Å². The van der Waals surface area contributed by atoms with Gasteiger partial charge in [-0.1, -0.05) is 31.4 Å². The van der Waals surface area contributed by atoms with Gasteiger partial charge >= 0.3 is 0 Å². The largest absolute Gasteiger partial charge is 0.273 e. The van der Waals surface area contributed by atoms with Crippen LogP contribution in [-0.2, 0) is 19.6 Å². The van der Waals surface area contributed by atoms with Gasteiger partial charge in [-0.25, -0.2) is 13.1 Å². The van der Waals surface area contributed by atoms with Gasteiger partial charge in [0.05, 0.1) is 11.4 Å². The summed E-state index contributed by atoms with van der Waals surface area (Å²) in [6.07, 6.45) is 4.79. The minimum Gasteiger partial charge on any atom is -0.273 e. The summed E-state index contributed by atoms with van der Waals surface area (Å²) in [4.78, 5) is 23.7. The molecule has 1 saturated carbocycles. The maximum absolute atomic E-state index is 12.1. The van der Waals surface area contributed by atoms with Gasteiger partial charge < -0.3 is 0 Å². The molecule has 7 nitrogen and oxygen atoms in total. The number of halogens is 1. The highest BCUT2D eigenvalue weighted by atomic mass is 79.9. The molecule has 0 saturated heterocycles. The Balaban J connectivity index is 1.80. The van der Waals surface area contributed by atoms with Crippen LogP contribution in [-0.4, -0.2) is 26.8 Å². The van der Waals surface area contributed by atoms with Crippen LogP contribution in [0.25, 0.3) is 0 Å². The van der Waals surface area contributed by atoms with E-state index in [1.807, 2.05) is 0 Å². The zero-order chi connectivity index (χ0) is 17.6. The van der Waals surface area contributed by atoms with Gasteiger partial charge in [-0.3, -0.25) is 20.4 Å². The average Bonchev–Trinajstić information content (AvgIpc) is 2.59. The molecule has 0 unspecified atom stereocenters. The van der Waals surface area contributed by atoms with E-state index in [0.29, 0.717) is 4.47 Å². The van der Waals surface area contributed by atoms with Crippen molar-refractivity contribution in [2.24, 2.45) is 5.92 Å². The van der Waals surface area contributed by atoms with Gasteiger partial charge in [-0.2, -0.15) is 0 Å². The molecule has 1 fully saturated rings. The molecule has 1 aliphatic carbocycles. The lowest BCUT2D eigenvalue weighted by molar-refractivity contribution is -0.131. The first-order chi connectivity index (χ1) is 11.4. The normalized spacial score (nSPS) is 15.7. The van der Waals surface area contributed by atoms with Crippen molar-refractivity contribution in [2.45, 2.75) is 37.0 Å². The fourth-order valence-corrected chi connectivity index (χ4v) is 4.53. The molecule has 0 aromatic heterocycles. The highest BCUT2D eigenvalue weighted by Gasteiger charge is 2.22. The minimum absolute atomic E-state index is 0.0454. The standard InChI is InChI=1S/C15H20BrN3O4S/c16-12-8-4-5-9-13(12)24(22,23)17-10-14(20)18-19-15(21)11-6-2-1-3-7-11/h4-5,8-9,11,17H,1-3,6-7,10H2,(H,18,20)(H,19,21). The van der Waals surface area contributed by atoms with Gasteiger partial charge in [-0.15, -0.1) is 0 Å². The van der Waals surface area contributed by atoms with E-state index in [1.54, 1.807) is 18.2 Å². The predicted molar refractivity (Wildman–Crippen MR) is 92.2 cm³/mol. The molecule has 0 spiro atoms. The average molecular weight is 418 g/mol. The van der Waals surface area contributed by atoms with Crippen LogP contribution in [0.3, 0.4) is 0 Å². The Morgan fingerprint density at radius 2 is 1.75 bits per heavy atom. The van der Waals surface area contributed by atoms with Crippen LogP contribution in [0.4, 0.5) is 0 Å². The highest BCUT2D eigenvalue weighted by molar-refractivity contribution is 9.10. The molecule has 0 atom stereocenters.